The van der Waals surface area contributed by atoms with E-state index in [0.29, 0.717) is 48.3 Å². The number of carbonyl (C=O) groups excluding carboxylic acids is 1. The highest BCUT2D eigenvalue weighted by Gasteiger charge is 2.31. The summed E-state index contributed by atoms with van der Waals surface area (Å²) in [5.74, 6) is 1.19. The van der Waals surface area contributed by atoms with Crippen LogP contribution < -0.4 is 4.74 Å². The highest BCUT2D eigenvalue weighted by molar-refractivity contribution is 5.75. The third-order valence-corrected chi connectivity index (χ3v) is 5.42. The molecule has 1 saturated carbocycles. The number of hydrogen-bond donors (Lipinski definition) is 0. The molecule has 2 aromatic rings. The number of halogens is 3. The van der Waals surface area contributed by atoms with Gasteiger partial charge >= 0.3 is 6.18 Å². The van der Waals surface area contributed by atoms with Gasteiger partial charge in [-0.2, -0.15) is 13.2 Å². The van der Waals surface area contributed by atoms with Crippen LogP contribution in [-0.4, -0.2) is 35.1 Å². The van der Waals surface area contributed by atoms with Gasteiger partial charge in [0.2, 0.25) is 5.88 Å². The number of alkyl halides is 3. The van der Waals surface area contributed by atoms with E-state index in [-0.39, 0.29) is 17.8 Å². The van der Waals surface area contributed by atoms with Gasteiger partial charge in [0.05, 0.1) is 24.0 Å². The Kier molecular flexibility index (Phi) is 7.30. The fourth-order valence-corrected chi connectivity index (χ4v) is 3.68. The highest BCUT2D eigenvalue weighted by atomic mass is 19.4. The summed E-state index contributed by atoms with van der Waals surface area (Å²) in [6.07, 6.45) is -0.502. The number of Topliss-reactive ketones (excluding diaryl/α,β-unsaturated/α-hetero) is 1. The lowest BCUT2D eigenvalue weighted by molar-refractivity contribution is -0.137. The molecule has 1 aromatic carbocycles. The van der Waals surface area contributed by atoms with E-state index in [1.807, 2.05) is 6.92 Å². The summed E-state index contributed by atoms with van der Waals surface area (Å²) in [5, 5.41) is 0. The van der Waals surface area contributed by atoms with E-state index < -0.39 is 11.7 Å². The van der Waals surface area contributed by atoms with Crippen molar-refractivity contribution in [1.29, 1.82) is 0 Å². The molecule has 1 fully saturated rings. The van der Waals surface area contributed by atoms with Crippen LogP contribution in [0, 0.1) is 18.8 Å². The molecule has 1 heterocycles. The van der Waals surface area contributed by atoms with Crippen molar-refractivity contribution in [1.82, 2.24) is 9.97 Å². The third-order valence-electron chi connectivity index (χ3n) is 5.42. The lowest BCUT2D eigenvalue weighted by atomic mass is 9.83. The predicted octanol–water partition coefficient (Wildman–Crippen LogP) is 5.26. The van der Waals surface area contributed by atoms with E-state index in [2.05, 4.69) is 9.97 Å². The van der Waals surface area contributed by atoms with E-state index >= 15 is 0 Å². The Morgan fingerprint density at radius 3 is 2.48 bits per heavy atom. The van der Waals surface area contributed by atoms with Gasteiger partial charge in [0, 0.05) is 24.2 Å². The molecule has 1 aromatic heterocycles. The summed E-state index contributed by atoms with van der Waals surface area (Å²) < 4.78 is 50.1. The lowest BCUT2D eigenvalue weighted by Gasteiger charge is -2.35. The second kappa shape index (κ2) is 9.77. The molecule has 0 radical (unpaired) electrons. The third kappa shape index (κ3) is 6.26. The van der Waals surface area contributed by atoms with Crippen LogP contribution in [0.5, 0.6) is 5.88 Å². The Bertz CT molecular complexity index is 894. The quantitative estimate of drug-likeness (QED) is 0.537. The van der Waals surface area contributed by atoms with E-state index in [0.717, 1.165) is 25.0 Å². The highest BCUT2D eigenvalue weighted by Crippen LogP contribution is 2.34. The van der Waals surface area contributed by atoms with Gasteiger partial charge in [-0.3, -0.25) is 0 Å². The molecule has 1 atom stereocenters. The maximum absolute atomic E-state index is 12.8. The molecular weight excluding hydrogens is 409 g/mol. The zero-order chi connectivity index (χ0) is 22.6. The van der Waals surface area contributed by atoms with Crippen molar-refractivity contribution in [2.75, 3.05) is 13.2 Å². The van der Waals surface area contributed by atoms with Crippen LogP contribution in [0.15, 0.2) is 30.6 Å². The van der Waals surface area contributed by atoms with Crippen molar-refractivity contribution < 1.29 is 27.4 Å². The second-order valence-corrected chi connectivity index (χ2v) is 8.34. The van der Waals surface area contributed by atoms with Gasteiger partial charge in [-0.25, -0.2) is 9.97 Å². The normalized spacial score (nSPS) is 19.5. The standard InChI is InChI=1S/C23H27F3N2O3/c1-14(8-15(2)29)11-30-20-9-17(10-20)12-31-22-16(3)21(27-13-28-22)18-4-6-19(7-5-18)23(24,25)26/h4-7,13-14,17,20H,8-12H2,1-3H3/t14-,17?,20?/m1/s1. The molecular formula is C23H27F3N2O3. The molecule has 168 valence electrons. The molecule has 0 spiro atoms. The predicted molar refractivity (Wildman–Crippen MR) is 110 cm³/mol. The summed E-state index contributed by atoms with van der Waals surface area (Å²) in [6.45, 7) is 6.47. The number of carbonyl (C=O) groups is 1. The fraction of sp³-hybridized carbons (Fsp3) is 0.522. The van der Waals surface area contributed by atoms with E-state index in [4.69, 9.17) is 9.47 Å². The van der Waals surface area contributed by atoms with Crippen LogP contribution >= 0.6 is 0 Å². The molecule has 0 N–H and O–H groups in total. The fourth-order valence-electron chi connectivity index (χ4n) is 3.68. The van der Waals surface area contributed by atoms with Crippen molar-refractivity contribution in [3.8, 4) is 17.1 Å². The molecule has 31 heavy (non-hydrogen) atoms. The van der Waals surface area contributed by atoms with Crippen LogP contribution in [-0.2, 0) is 15.7 Å². The van der Waals surface area contributed by atoms with Crippen molar-refractivity contribution in [3.05, 3.63) is 41.7 Å². The Morgan fingerprint density at radius 1 is 1.19 bits per heavy atom. The van der Waals surface area contributed by atoms with Gasteiger partial charge in [0.1, 0.15) is 12.1 Å². The average molecular weight is 436 g/mol. The number of aromatic nitrogens is 2. The Hall–Kier alpha value is -2.48. The van der Waals surface area contributed by atoms with Gasteiger partial charge in [-0.1, -0.05) is 19.1 Å². The molecule has 3 rings (SSSR count). The summed E-state index contributed by atoms with van der Waals surface area (Å²) in [5.41, 5.74) is 1.12. The van der Waals surface area contributed by atoms with Gasteiger partial charge in [-0.05, 0) is 50.7 Å². The van der Waals surface area contributed by atoms with E-state index in [1.54, 1.807) is 13.8 Å². The molecule has 0 amide bonds. The van der Waals surface area contributed by atoms with Crippen molar-refractivity contribution in [2.45, 2.75) is 52.3 Å². The van der Waals surface area contributed by atoms with Gasteiger partial charge in [0.25, 0.3) is 0 Å². The molecule has 0 bridgehead atoms. The van der Waals surface area contributed by atoms with E-state index in [9.17, 15) is 18.0 Å². The van der Waals surface area contributed by atoms with Crippen LogP contribution in [0.25, 0.3) is 11.3 Å². The molecule has 1 aliphatic rings. The molecule has 5 nitrogen and oxygen atoms in total. The maximum Gasteiger partial charge on any atom is 0.416 e. The number of hydrogen-bond acceptors (Lipinski definition) is 5. The minimum Gasteiger partial charge on any atom is -0.477 e. The van der Waals surface area contributed by atoms with Crippen LogP contribution in [0.2, 0.25) is 0 Å². The topological polar surface area (TPSA) is 61.3 Å². The van der Waals surface area contributed by atoms with Gasteiger partial charge < -0.3 is 14.3 Å². The zero-order valence-electron chi connectivity index (χ0n) is 17.9. The zero-order valence-corrected chi connectivity index (χ0v) is 17.9. The first-order chi connectivity index (χ1) is 14.6. The van der Waals surface area contributed by atoms with Crippen molar-refractivity contribution in [3.63, 3.8) is 0 Å². The summed E-state index contributed by atoms with van der Waals surface area (Å²) in [7, 11) is 0. The summed E-state index contributed by atoms with van der Waals surface area (Å²) in [6, 6.07) is 4.90. The minimum absolute atomic E-state index is 0.173. The molecule has 0 saturated heterocycles. The number of ketones is 1. The first-order valence-electron chi connectivity index (χ1n) is 10.4. The summed E-state index contributed by atoms with van der Waals surface area (Å²) in [4.78, 5) is 19.5. The first kappa shape index (κ1) is 23.2. The first-order valence-corrected chi connectivity index (χ1v) is 10.4. The monoisotopic (exact) mass is 436 g/mol. The smallest absolute Gasteiger partial charge is 0.416 e. The average Bonchev–Trinajstić information content (AvgIpc) is 2.66. The number of benzene rings is 1. The maximum atomic E-state index is 12.8. The van der Waals surface area contributed by atoms with Crippen molar-refractivity contribution in [2.24, 2.45) is 11.8 Å². The second-order valence-electron chi connectivity index (χ2n) is 8.34. The van der Waals surface area contributed by atoms with Crippen LogP contribution in [0.4, 0.5) is 13.2 Å². The van der Waals surface area contributed by atoms with Gasteiger partial charge in [-0.15, -0.1) is 0 Å². The number of nitrogens with zero attached hydrogens (tertiary/aromatic N) is 2. The Balaban J connectivity index is 1.51. The largest absolute Gasteiger partial charge is 0.477 e. The SMILES string of the molecule is CC(=O)C[C@@H](C)COC1CC(COc2ncnc(-c3ccc(C(F)(F)F)cc3)c2C)C1. The summed E-state index contributed by atoms with van der Waals surface area (Å²) >= 11 is 0. The van der Waals surface area contributed by atoms with Gasteiger partial charge in [0.15, 0.2) is 0 Å². The van der Waals surface area contributed by atoms with E-state index in [1.165, 1.54) is 18.5 Å². The molecule has 0 aliphatic heterocycles. The van der Waals surface area contributed by atoms with Crippen molar-refractivity contribution >= 4 is 5.78 Å². The Morgan fingerprint density at radius 2 is 1.87 bits per heavy atom. The minimum atomic E-state index is -4.37. The Labute approximate surface area is 180 Å². The van der Waals surface area contributed by atoms with Crippen LogP contribution in [0.3, 0.4) is 0 Å². The molecule has 8 heteroatoms. The number of rotatable bonds is 9. The molecule has 1 aliphatic carbocycles. The van der Waals surface area contributed by atoms with Crippen LogP contribution in [0.1, 0.15) is 44.2 Å². The lowest BCUT2D eigenvalue weighted by Crippen LogP contribution is -2.36. The molecule has 0 unspecified atom stereocenters. The number of ether oxygens (including phenoxy) is 2.